The smallest absolute Gasteiger partial charge is 0.350 e. The molecule has 2 aromatic heterocycles. The molecule has 5 rings (SSSR count). The molecule has 4 aromatic rings. The number of halogens is 1. The Morgan fingerprint density at radius 1 is 1.11 bits per heavy atom. The van der Waals surface area contributed by atoms with E-state index in [2.05, 4.69) is 10.1 Å². The van der Waals surface area contributed by atoms with Crippen LogP contribution in [0.5, 0.6) is 23.1 Å². The number of ether oxygens (including phenoxy) is 3. The van der Waals surface area contributed by atoms with Crippen molar-refractivity contribution < 1.29 is 14.2 Å². The first kappa shape index (κ1) is 16.6. The first-order chi connectivity index (χ1) is 13.7. The molecule has 0 saturated carbocycles. The molecule has 1 aliphatic heterocycles. The van der Waals surface area contributed by atoms with Crippen LogP contribution in [0.25, 0.3) is 5.65 Å². The lowest BCUT2D eigenvalue weighted by atomic mass is 10.2. The Balaban J connectivity index is 1.50. The van der Waals surface area contributed by atoms with Gasteiger partial charge in [0.15, 0.2) is 11.5 Å². The predicted molar refractivity (Wildman–Crippen MR) is 100 cm³/mol. The van der Waals surface area contributed by atoms with Crippen molar-refractivity contribution in [1.29, 1.82) is 0 Å². The Hall–Kier alpha value is -3.52. The number of hydrogen-bond donors (Lipinski definition) is 0. The van der Waals surface area contributed by atoms with Crippen molar-refractivity contribution in [3.8, 4) is 23.1 Å². The predicted octanol–water partition coefficient (Wildman–Crippen LogP) is 3.11. The van der Waals surface area contributed by atoms with Crippen LogP contribution in [-0.2, 0) is 6.54 Å². The van der Waals surface area contributed by atoms with Gasteiger partial charge >= 0.3 is 5.69 Å². The van der Waals surface area contributed by atoms with Gasteiger partial charge in [-0.3, -0.25) is 0 Å². The van der Waals surface area contributed by atoms with Gasteiger partial charge in [-0.2, -0.15) is 0 Å². The fraction of sp³-hybridized carbons (Fsp3) is 0.105. The van der Waals surface area contributed by atoms with E-state index >= 15 is 0 Å². The van der Waals surface area contributed by atoms with E-state index in [1.165, 1.54) is 15.3 Å². The lowest BCUT2D eigenvalue weighted by molar-refractivity contribution is 0.174. The Labute approximate surface area is 163 Å². The highest BCUT2D eigenvalue weighted by Crippen LogP contribution is 2.32. The average Bonchev–Trinajstić information content (AvgIpc) is 3.29. The maximum absolute atomic E-state index is 12.7. The quantitative estimate of drug-likeness (QED) is 0.527. The van der Waals surface area contributed by atoms with Crippen molar-refractivity contribution in [2.24, 2.45) is 0 Å². The van der Waals surface area contributed by atoms with Crippen LogP contribution in [-0.4, -0.2) is 26.0 Å². The van der Waals surface area contributed by atoms with Crippen LogP contribution in [0.4, 0.5) is 0 Å². The van der Waals surface area contributed by atoms with E-state index in [1.54, 1.807) is 30.5 Å². The summed E-state index contributed by atoms with van der Waals surface area (Å²) in [4.78, 5) is 16.9. The summed E-state index contributed by atoms with van der Waals surface area (Å²) >= 11 is 5.90. The van der Waals surface area contributed by atoms with Gasteiger partial charge in [-0.1, -0.05) is 17.7 Å². The van der Waals surface area contributed by atoms with E-state index in [4.69, 9.17) is 25.8 Å². The standard InChI is InChI=1S/C19H13ClN4O4/c20-13-2-4-14(5-3-13)28-18-17-22-24(19(25)23(17)8-7-21-18)10-12-1-6-15-16(9-12)27-11-26-15/h1-9H,10-11H2. The molecule has 0 aliphatic carbocycles. The van der Waals surface area contributed by atoms with Crippen molar-refractivity contribution in [2.75, 3.05) is 6.79 Å². The maximum Gasteiger partial charge on any atom is 0.350 e. The first-order valence-corrected chi connectivity index (χ1v) is 8.81. The molecule has 0 amide bonds. The summed E-state index contributed by atoms with van der Waals surface area (Å²) in [6.45, 7) is 0.474. The molecule has 0 atom stereocenters. The minimum atomic E-state index is -0.295. The fourth-order valence-corrected chi connectivity index (χ4v) is 3.05. The number of fused-ring (bicyclic) bond motifs is 2. The lowest BCUT2D eigenvalue weighted by Crippen LogP contribution is -2.21. The van der Waals surface area contributed by atoms with Crippen LogP contribution >= 0.6 is 11.6 Å². The van der Waals surface area contributed by atoms with Gasteiger partial charge in [0.1, 0.15) is 5.75 Å². The summed E-state index contributed by atoms with van der Waals surface area (Å²) in [5, 5.41) is 5.00. The molecule has 2 aromatic carbocycles. The topological polar surface area (TPSA) is 79.9 Å². The fourth-order valence-electron chi connectivity index (χ4n) is 2.93. The van der Waals surface area contributed by atoms with Gasteiger partial charge < -0.3 is 14.2 Å². The highest BCUT2D eigenvalue weighted by atomic mass is 35.5. The molecule has 0 saturated heterocycles. The van der Waals surface area contributed by atoms with Crippen molar-refractivity contribution >= 4 is 17.2 Å². The van der Waals surface area contributed by atoms with Crippen molar-refractivity contribution in [2.45, 2.75) is 6.54 Å². The van der Waals surface area contributed by atoms with Gasteiger partial charge in [0, 0.05) is 17.4 Å². The molecule has 0 N–H and O–H groups in total. The van der Waals surface area contributed by atoms with Gasteiger partial charge in [-0.15, -0.1) is 5.10 Å². The summed E-state index contributed by atoms with van der Waals surface area (Å²) in [5.41, 5.74) is 0.891. The zero-order valence-electron chi connectivity index (χ0n) is 14.4. The summed E-state index contributed by atoms with van der Waals surface area (Å²) in [7, 11) is 0. The molecule has 0 spiro atoms. The second-order valence-electron chi connectivity index (χ2n) is 6.11. The van der Waals surface area contributed by atoms with Gasteiger partial charge in [-0.25, -0.2) is 18.9 Å². The Bertz CT molecular complexity index is 1230. The lowest BCUT2D eigenvalue weighted by Gasteiger charge is -2.04. The van der Waals surface area contributed by atoms with Gasteiger partial charge in [0.2, 0.25) is 12.4 Å². The first-order valence-electron chi connectivity index (χ1n) is 8.43. The van der Waals surface area contributed by atoms with Crippen LogP contribution in [0, 0.1) is 0 Å². The molecule has 0 bridgehead atoms. The average molecular weight is 397 g/mol. The number of nitrogens with zero attached hydrogens (tertiary/aromatic N) is 4. The molecular weight excluding hydrogens is 384 g/mol. The van der Waals surface area contributed by atoms with E-state index in [0.717, 1.165) is 5.56 Å². The third-order valence-corrected chi connectivity index (χ3v) is 4.52. The summed E-state index contributed by atoms with van der Waals surface area (Å²) in [5.74, 6) is 2.12. The SMILES string of the molecule is O=c1n(Cc2ccc3c(c2)OCO3)nc2c(Oc3ccc(Cl)cc3)nccn12. The Kier molecular flexibility index (Phi) is 3.91. The van der Waals surface area contributed by atoms with Crippen LogP contribution < -0.4 is 19.9 Å². The van der Waals surface area contributed by atoms with Crippen LogP contribution in [0.2, 0.25) is 5.02 Å². The number of benzene rings is 2. The highest BCUT2D eigenvalue weighted by Gasteiger charge is 2.16. The molecular formula is C19H13ClN4O4. The van der Waals surface area contributed by atoms with E-state index in [0.29, 0.717) is 27.9 Å². The summed E-state index contributed by atoms with van der Waals surface area (Å²) in [6, 6.07) is 12.4. The van der Waals surface area contributed by atoms with E-state index in [-0.39, 0.29) is 24.9 Å². The Morgan fingerprint density at radius 2 is 1.93 bits per heavy atom. The minimum absolute atomic E-state index is 0.199. The molecule has 9 heteroatoms. The van der Waals surface area contributed by atoms with Crippen molar-refractivity contribution in [3.05, 3.63) is 75.9 Å². The summed E-state index contributed by atoms with van der Waals surface area (Å²) < 4.78 is 19.2. The van der Waals surface area contributed by atoms with Gasteiger partial charge in [0.05, 0.1) is 6.54 Å². The molecule has 0 radical (unpaired) electrons. The van der Waals surface area contributed by atoms with Crippen molar-refractivity contribution in [1.82, 2.24) is 19.2 Å². The number of rotatable bonds is 4. The van der Waals surface area contributed by atoms with Crippen LogP contribution in [0.1, 0.15) is 5.56 Å². The normalized spacial score (nSPS) is 12.5. The van der Waals surface area contributed by atoms with Gasteiger partial charge in [-0.05, 0) is 42.0 Å². The second kappa shape index (κ2) is 6.58. The molecule has 8 nitrogen and oxygen atoms in total. The van der Waals surface area contributed by atoms with Crippen LogP contribution in [0.3, 0.4) is 0 Å². The third kappa shape index (κ3) is 2.93. The highest BCUT2D eigenvalue weighted by molar-refractivity contribution is 6.30. The van der Waals surface area contributed by atoms with Crippen LogP contribution in [0.15, 0.2) is 59.7 Å². The molecule has 140 valence electrons. The third-order valence-electron chi connectivity index (χ3n) is 4.27. The number of hydrogen-bond acceptors (Lipinski definition) is 6. The maximum atomic E-state index is 12.7. The zero-order chi connectivity index (χ0) is 19.1. The minimum Gasteiger partial charge on any atom is -0.454 e. The van der Waals surface area contributed by atoms with E-state index < -0.39 is 0 Å². The summed E-state index contributed by atoms with van der Waals surface area (Å²) in [6.07, 6.45) is 3.04. The van der Waals surface area contributed by atoms with Crippen molar-refractivity contribution in [3.63, 3.8) is 0 Å². The van der Waals surface area contributed by atoms with Gasteiger partial charge in [0.25, 0.3) is 5.88 Å². The Morgan fingerprint density at radius 3 is 2.79 bits per heavy atom. The van der Waals surface area contributed by atoms with E-state index in [1.807, 2.05) is 18.2 Å². The second-order valence-corrected chi connectivity index (χ2v) is 6.55. The van der Waals surface area contributed by atoms with E-state index in [9.17, 15) is 4.79 Å². The molecule has 28 heavy (non-hydrogen) atoms. The zero-order valence-corrected chi connectivity index (χ0v) is 15.2. The number of aromatic nitrogens is 4. The monoisotopic (exact) mass is 396 g/mol. The molecule has 0 fully saturated rings. The molecule has 1 aliphatic rings. The molecule has 0 unspecified atom stereocenters. The molecule has 3 heterocycles. The largest absolute Gasteiger partial charge is 0.454 e.